The van der Waals surface area contributed by atoms with E-state index >= 15 is 0 Å². The van der Waals surface area contributed by atoms with Gasteiger partial charge in [-0.2, -0.15) is 26.3 Å². The standard InChI is InChI=1S/2C17H13F3O.C16H12Cl2O.C16H13ClO/c1-10-8-12-5-3-7-14(15(12)16(10)21)11-4-2-6-13(9-11)17(18,19)20;1-10-9-12-3-2-4-14(15(12)16(10)21)11-5-7-13(8-6-11)17(18,19)20;1-9-5-10-3-2-4-14(15(10)16(9)19)11-6-12(17)8-13(18)7-11;1-10-9-12-3-2-4-14(15(12)16(10)18)11-5-7-13(17)8-6-11/h2-7,9-10H,8H2,1H3;2-8,10H,9H2,1H3;2-4,6-9H,5H2,1H3;2-8,10H,9H2,1H3. The second-order valence-corrected chi connectivity index (χ2v) is 21.9. The average Bonchev–Trinajstić information content (AvgIpc) is 4.33. The Morgan fingerprint density at radius 1 is 0.329 bits per heavy atom. The van der Waals surface area contributed by atoms with E-state index in [1.807, 2.05) is 113 Å². The van der Waals surface area contributed by atoms with E-state index in [1.165, 1.54) is 23.8 Å². The third kappa shape index (κ3) is 12.1. The van der Waals surface area contributed by atoms with Crippen molar-refractivity contribution < 1.29 is 45.5 Å². The molecule has 8 aromatic carbocycles. The molecule has 12 rings (SSSR count). The first-order valence-corrected chi connectivity index (χ1v) is 26.8. The van der Waals surface area contributed by atoms with Gasteiger partial charge < -0.3 is 0 Å². The average molecular weight is 1130 g/mol. The van der Waals surface area contributed by atoms with E-state index in [1.54, 1.807) is 30.3 Å². The van der Waals surface area contributed by atoms with Gasteiger partial charge in [0.15, 0.2) is 23.1 Å². The van der Waals surface area contributed by atoms with E-state index in [0.717, 1.165) is 92.7 Å². The van der Waals surface area contributed by atoms with Crippen LogP contribution in [-0.4, -0.2) is 23.1 Å². The highest BCUT2D eigenvalue weighted by atomic mass is 35.5. The minimum atomic E-state index is -4.38. The Morgan fingerprint density at radius 3 is 1.00 bits per heavy atom. The molecular formula is C66H51Cl3F6O4. The number of Topliss-reactive ketones (excluding diaryl/α,β-unsaturated/α-hetero) is 4. The van der Waals surface area contributed by atoms with Gasteiger partial charge in [-0.15, -0.1) is 0 Å². The van der Waals surface area contributed by atoms with Gasteiger partial charge in [-0.3, -0.25) is 19.2 Å². The number of hydrogen-bond acceptors (Lipinski definition) is 4. The number of hydrogen-bond donors (Lipinski definition) is 0. The fourth-order valence-corrected chi connectivity index (χ4v) is 11.6. The Balaban J connectivity index is 0.000000128. The Kier molecular flexibility index (Phi) is 16.4. The monoisotopic (exact) mass is 1130 g/mol. The molecule has 0 fully saturated rings. The van der Waals surface area contributed by atoms with Gasteiger partial charge in [0.05, 0.1) is 11.1 Å². The summed E-state index contributed by atoms with van der Waals surface area (Å²) in [6.45, 7) is 7.68. The third-order valence-corrected chi connectivity index (χ3v) is 15.5. The fourth-order valence-electron chi connectivity index (χ4n) is 10.9. The van der Waals surface area contributed by atoms with Crippen molar-refractivity contribution in [2.75, 3.05) is 0 Å². The number of halogens is 9. The molecule has 13 heteroatoms. The highest BCUT2D eigenvalue weighted by molar-refractivity contribution is 6.35. The summed E-state index contributed by atoms with van der Waals surface area (Å²) >= 11 is 18.0. The molecule has 0 saturated carbocycles. The lowest BCUT2D eigenvalue weighted by Crippen LogP contribution is -2.06. The molecule has 4 nitrogen and oxygen atoms in total. The summed E-state index contributed by atoms with van der Waals surface area (Å²) in [5, 5.41) is 1.88. The summed E-state index contributed by atoms with van der Waals surface area (Å²) in [4.78, 5) is 49.0. The van der Waals surface area contributed by atoms with Gasteiger partial charge in [-0.25, -0.2) is 0 Å². The molecule has 0 amide bonds. The molecule has 8 aromatic rings. The zero-order valence-corrected chi connectivity index (χ0v) is 45.5. The number of benzene rings is 8. The number of alkyl halides is 6. The van der Waals surface area contributed by atoms with Crippen LogP contribution >= 0.6 is 34.8 Å². The summed E-state index contributed by atoms with van der Waals surface area (Å²) in [7, 11) is 0. The normalized spacial score (nSPS) is 17.8. The van der Waals surface area contributed by atoms with Crippen molar-refractivity contribution >= 4 is 57.9 Å². The second kappa shape index (κ2) is 22.9. The molecular weight excluding hydrogens is 1080 g/mol. The Labute approximate surface area is 469 Å². The molecule has 4 aliphatic carbocycles. The van der Waals surface area contributed by atoms with Gasteiger partial charge in [0.1, 0.15) is 0 Å². The lowest BCUT2D eigenvalue weighted by Gasteiger charge is -2.11. The van der Waals surface area contributed by atoms with Crippen molar-refractivity contribution in [3.05, 3.63) is 234 Å². The van der Waals surface area contributed by atoms with Crippen LogP contribution in [0.15, 0.2) is 164 Å². The minimum Gasteiger partial charge on any atom is -0.294 e. The summed E-state index contributed by atoms with van der Waals surface area (Å²) in [6, 6.07) is 46.1. The van der Waals surface area contributed by atoms with Crippen molar-refractivity contribution in [2.24, 2.45) is 23.7 Å². The van der Waals surface area contributed by atoms with E-state index < -0.39 is 23.5 Å². The molecule has 0 aromatic heterocycles. The maximum atomic E-state index is 12.8. The van der Waals surface area contributed by atoms with Crippen molar-refractivity contribution in [1.29, 1.82) is 0 Å². The van der Waals surface area contributed by atoms with Crippen LogP contribution in [0.1, 0.15) is 103 Å². The number of fused-ring (bicyclic) bond motifs is 4. The van der Waals surface area contributed by atoms with Crippen molar-refractivity contribution in [3.63, 3.8) is 0 Å². The first kappa shape index (κ1) is 56.6. The molecule has 0 saturated heterocycles. The Morgan fingerprint density at radius 2 is 0.646 bits per heavy atom. The van der Waals surface area contributed by atoms with Crippen molar-refractivity contribution in [1.82, 2.24) is 0 Å². The smallest absolute Gasteiger partial charge is 0.294 e. The minimum absolute atomic E-state index is 0.0120. The highest BCUT2D eigenvalue weighted by Gasteiger charge is 2.35. The Hall–Kier alpha value is -7.11. The summed E-state index contributed by atoms with van der Waals surface area (Å²) in [6.07, 6.45) is -5.71. The molecule has 79 heavy (non-hydrogen) atoms. The Bertz CT molecular complexity index is 3660. The van der Waals surface area contributed by atoms with Gasteiger partial charge in [0.2, 0.25) is 0 Å². The number of rotatable bonds is 4. The number of carbonyl (C=O) groups is 4. The molecule has 0 bridgehead atoms. The van der Waals surface area contributed by atoms with Gasteiger partial charge in [-0.05, 0) is 147 Å². The van der Waals surface area contributed by atoms with Crippen LogP contribution in [0.4, 0.5) is 26.3 Å². The van der Waals surface area contributed by atoms with Crippen LogP contribution in [0.5, 0.6) is 0 Å². The van der Waals surface area contributed by atoms with Crippen LogP contribution in [0.2, 0.25) is 15.1 Å². The van der Waals surface area contributed by atoms with Crippen LogP contribution < -0.4 is 0 Å². The van der Waals surface area contributed by atoms with Crippen LogP contribution in [0.3, 0.4) is 0 Å². The molecule has 4 unspecified atom stereocenters. The predicted molar refractivity (Wildman–Crippen MR) is 301 cm³/mol. The van der Waals surface area contributed by atoms with Crippen LogP contribution in [-0.2, 0) is 38.0 Å². The second-order valence-electron chi connectivity index (χ2n) is 20.6. The van der Waals surface area contributed by atoms with E-state index in [-0.39, 0.29) is 46.8 Å². The molecule has 402 valence electrons. The SMILES string of the molecule is CC1Cc2cccc(-c3cc(Cl)cc(Cl)c3)c2C1=O.CC1Cc2cccc(-c3ccc(C(F)(F)F)cc3)c2C1=O.CC1Cc2cccc(-c3ccc(Cl)cc3)c2C1=O.CC1Cc2cccc(-c3cccc(C(F)(F)F)c3)c2C1=O. The quantitative estimate of drug-likeness (QED) is 0.165. The first-order valence-electron chi connectivity index (χ1n) is 25.7. The fraction of sp³-hybridized carbons (Fsp3) is 0.212. The summed E-state index contributed by atoms with van der Waals surface area (Å²) in [5.41, 5.74) is 12.0. The van der Waals surface area contributed by atoms with Gasteiger partial charge in [0.25, 0.3) is 0 Å². The topological polar surface area (TPSA) is 68.3 Å². The molecule has 0 radical (unpaired) electrons. The van der Waals surface area contributed by atoms with Crippen LogP contribution in [0.25, 0.3) is 44.5 Å². The van der Waals surface area contributed by atoms with Crippen molar-refractivity contribution in [3.8, 4) is 44.5 Å². The zero-order valence-electron chi connectivity index (χ0n) is 43.3. The summed E-state index contributed by atoms with van der Waals surface area (Å²) < 4.78 is 76.3. The molecule has 4 atom stereocenters. The predicted octanol–water partition coefficient (Wildman–Crippen LogP) is 18.9. The van der Waals surface area contributed by atoms with Gasteiger partial charge in [-0.1, -0.05) is 172 Å². The number of carbonyl (C=O) groups excluding carboxylic acids is 4. The van der Waals surface area contributed by atoms with Crippen molar-refractivity contribution in [2.45, 2.75) is 65.7 Å². The lowest BCUT2D eigenvalue weighted by molar-refractivity contribution is -0.138. The summed E-state index contributed by atoms with van der Waals surface area (Å²) in [5.74, 6) is 0.553. The third-order valence-electron chi connectivity index (χ3n) is 14.8. The van der Waals surface area contributed by atoms with Gasteiger partial charge >= 0.3 is 12.4 Å². The molecule has 4 aliphatic rings. The van der Waals surface area contributed by atoms with E-state index in [0.29, 0.717) is 55.7 Å². The maximum Gasteiger partial charge on any atom is 0.416 e. The largest absolute Gasteiger partial charge is 0.416 e. The van der Waals surface area contributed by atoms with E-state index in [4.69, 9.17) is 34.8 Å². The van der Waals surface area contributed by atoms with Gasteiger partial charge in [0, 0.05) is 61.0 Å². The molecule has 0 aliphatic heterocycles. The van der Waals surface area contributed by atoms with E-state index in [2.05, 4.69) is 6.07 Å². The zero-order chi connectivity index (χ0) is 56.7. The first-order chi connectivity index (χ1) is 37.5. The van der Waals surface area contributed by atoms with E-state index in [9.17, 15) is 45.5 Å². The highest BCUT2D eigenvalue weighted by Crippen LogP contribution is 2.41. The molecule has 0 N–H and O–H groups in total. The molecule has 0 spiro atoms. The molecule has 0 heterocycles. The number of ketones is 4. The maximum absolute atomic E-state index is 12.8. The lowest BCUT2D eigenvalue weighted by atomic mass is 9.95. The van der Waals surface area contributed by atoms with Crippen LogP contribution in [0, 0.1) is 23.7 Å².